The number of piperidine rings is 1. The Bertz CT molecular complexity index is 513. The highest BCUT2D eigenvalue weighted by molar-refractivity contribution is 5.20. The normalized spacial score (nSPS) is 29.1. The fourth-order valence-electron chi connectivity index (χ4n) is 3.48. The molecule has 0 amide bonds. The molecule has 3 atom stereocenters. The van der Waals surface area contributed by atoms with E-state index in [1.165, 1.54) is 17.1 Å². The quantitative estimate of drug-likeness (QED) is 0.635. The summed E-state index contributed by atoms with van der Waals surface area (Å²) in [6.45, 7) is 7.61. The number of nitro groups is 1. The van der Waals surface area contributed by atoms with Gasteiger partial charge in [-0.1, -0.05) is 13.8 Å². The molecule has 1 N–H and O–H groups in total. The molecule has 7 heteroatoms. The van der Waals surface area contributed by atoms with Gasteiger partial charge in [0.25, 0.3) is 0 Å². The van der Waals surface area contributed by atoms with Crippen LogP contribution in [0.25, 0.3) is 0 Å². The first kappa shape index (κ1) is 13.5. The first-order chi connectivity index (χ1) is 9.38. The molecule has 1 aromatic heterocycles. The van der Waals surface area contributed by atoms with Crippen molar-refractivity contribution >= 4 is 5.69 Å². The van der Waals surface area contributed by atoms with Gasteiger partial charge < -0.3 is 10.0 Å². The summed E-state index contributed by atoms with van der Waals surface area (Å²) in [5.74, 6) is 1.53. The van der Waals surface area contributed by atoms with Crippen molar-refractivity contribution in [1.29, 1.82) is 0 Å². The van der Waals surface area contributed by atoms with Crippen molar-refractivity contribution < 1.29 is 10.0 Å². The lowest BCUT2D eigenvalue weighted by molar-refractivity contribution is -0.385. The molecule has 20 heavy (non-hydrogen) atoms. The number of β-amino-alcohol motifs (C(OH)–C–C–N with tert-alkyl or cyclic N) is 1. The van der Waals surface area contributed by atoms with E-state index in [2.05, 4.69) is 23.8 Å². The largest absolute Gasteiger partial charge is 0.390 e. The minimum atomic E-state index is -0.546. The Balaban J connectivity index is 1.48. The van der Waals surface area contributed by atoms with Crippen LogP contribution in [-0.4, -0.2) is 50.4 Å². The number of aliphatic hydroxyl groups excluding tert-OH is 1. The van der Waals surface area contributed by atoms with E-state index in [4.69, 9.17) is 0 Å². The Morgan fingerprint density at radius 3 is 2.70 bits per heavy atom. The highest BCUT2D eigenvalue weighted by Gasteiger charge is 2.61. The summed E-state index contributed by atoms with van der Waals surface area (Å²) >= 11 is 0. The molecule has 1 aliphatic carbocycles. The van der Waals surface area contributed by atoms with E-state index < -0.39 is 11.0 Å². The van der Waals surface area contributed by atoms with Gasteiger partial charge in [0.15, 0.2) is 0 Å². The third kappa shape index (κ3) is 2.31. The van der Waals surface area contributed by atoms with E-state index >= 15 is 0 Å². The number of aromatic nitrogens is 2. The van der Waals surface area contributed by atoms with Crippen LogP contribution in [0.15, 0.2) is 12.4 Å². The Kier molecular flexibility index (Phi) is 3.06. The van der Waals surface area contributed by atoms with Gasteiger partial charge in [-0.15, -0.1) is 0 Å². The molecule has 0 spiro atoms. The number of fused-ring (bicyclic) bond motifs is 1. The van der Waals surface area contributed by atoms with Gasteiger partial charge in [0.05, 0.1) is 17.6 Å². The zero-order valence-electron chi connectivity index (χ0n) is 11.8. The zero-order chi connectivity index (χ0) is 14.5. The van der Waals surface area contributed by atoms with Crippen molar-refractivity contribution in [2.24, 2.45) is 17.3 Å². The van der Waals surface area contributed by atoms with Gasteiger partial charge in [-0.05, 0) is 17.3 Å². The maximum Gasteiger partial charge on any atom is 0.306 e. The van der Waals surface area contributed by atoms with Crippen LogP contribution in [0.3, 0.4) is 0 Å². The van der Waals surface area contributed by atoms with E-state index in [0.717, 1.165) is 24.9 Å². The number of nitrogens with zero attached hydrogens (tertiary/aromatic N) is 4. The Hall–Kier alpha value is -1.47. The minimum absolute atomic E-state index is 0.0404. The van der Waals surface area contributed by atoms with Crippen LogP contribution in [0.1, 0.15) is 13.8 Å². The van der Waals surface area contributed by atoms with Gasteiger partial charge in [-0.2, -0.15) is 5.10 Å². The van der Waals surface area contributed by atoms with Crippen LogP contribution in [0.4, 0.5) is 5.69 Å². The number of likely N-dealkylation sites (tertiary alicyclic amines) is 1. The van der Waals surface area contributed by atoms with Crippen molar-refractivity contribution in [3.63, 3.8) is 0 Å². The summed E-state index contributed by atoms with van der Waals surface area (Å²) in [6, 6.07) is 0. The minimum Gasteiger partial charge on any atom is -0.390 e. The Morgan fingerprint density at radius 1 is 1.50 bits per heavy atom. The highest BCUT2D eigenvalue weighted by Crippen LogP contribution is 2.61. The fraction of sp³-hybridized carbons (Fsp3) is 0.769. The summed E-state index contributed by atoms with van der Waals surface area (Å²) in [7, 11) is 0. The summed E-state index contributed by atoms with van der Waals surface area (Å²) < 4.78 is 1.43. The SMILES string of the molecule is CC1(C)C2CN(CC(O)Cn3cc([N+](=O)[O-])cn3)CC21. The molecule has 0 bridgehead atoms. The Morgan fingerprint density at radius 2 is 2.15 bits per heavy atom. The second-order valence-corrected chi connectivity index (χ2v) is 6.58. The van der Waals surface area contributed by atoms with Crippen molar-refractivity contribution in [3.05, 3.63) is 22.5 Å². The van der Waals surface area contributed by atoms with Crippen LogP contribution in [0.5, 0.6) is 0 Å². The van der Waals surface area contributed by atoms with Crippen LogP contribution >= 0.6 is 0 Å². The van der Waals surface area contributed by atoms with Crippen molar-refractivity contribution in [2.45, 2.75) is 26.5 Å². The first-order valence-corrected chi connectivity index (χ1v) is 6.95. The first-order valence-electron chi connectivity index (χ1n) is 6.95. The third-order valence-corrected chi connectivity index (χ3v) is 4.89. The molecule has 2 aliphatic rings. The Labute approximate surface area is 117 Å². The van der Waals surface area contributed by atoms with Crippen molar-refractivity contribution in [3.8, 4) is 0 Å². The molecule has 3 unspecified atom stereocenters. The average Bonchev–Trinajstić information content (AvgIpc) is 2.83. The molecular formula is C13H20N4O3. The molecular weight excluding hydrogens is 260 g/mol. The summed E-state index contributed by atoms with van der Waals surface area (Å²) in [6.07, 6.45) is 2.02. The summed E-state index contributed by atoms with van der Waals surface area (Å²) in [5.41, 5.74) is 0.436. The highest BCUT2D eigenvalue weighted by atomic mass is 16.6. The van der Waals surface area contributed by atoms with Gasteiger partial charge in [-0.3, -0.25) is 14.8 Å². The van der Waals surface area contributed by atoms with E-state index in [1.54, 1.807) is 0 Å². The van der Waals surface area contributed by atoms with E-state index in [0.29, 0.717) is 18.5 Å². The van der Waals surface area contributed by atoms with Crippen LogP contribution in [0.2, 0.25) is 0 Å². The van der Waals surface area contributed by atoms with E-state index in [1.807, 2.05) is 0 Å². The van der Waals surface area contributed by atoms with Crippen molar-refractivity contribution in [2.75, 3.05) is 19.6 Å². The standard InChI is InChI=1S/C13H20N4O3/c1-13(2)11-7-15(8-12(11)13)5-10(18)6-16-4-9(3-14-16)17(19)20/h3-4,10-12,18H,5-8H2,1-2H3. The third-order valence-electron chi connectivity index (χ3n) is 4.89. The number of rotatable bonds is 5. The zero-order valence-corrected chi connectivity index (χ0v) is 11.8. The van der Waals surface area contributed by atoms with Gasteiger partial charge in [0, 0.05) is 19.6 Å². The molecule has 1 aromatic rings. The predicted molar refractivity (Wildman–Crippen MR) is 72.1 cm³/mol. The van der Waals surface area contributed by atoms with Gasteiger partial charge in [-0.25, -0.2) is 0 Å². The second-order valence-electron chi connectivity index (χ2n) is 6.58. The lowest BCUT2D eigenvalue weighted by Crippen LogP contribution is -2.36. The summed E-state index contributed by atoms with van der Waals surface area (Å²) in [4.78, 5) is 12.4. The van der Waals surface area contributed by atoms with Gasteiger partial charge >= 0.3 is 5.69 Å². The second kappa shape index (κ2) is 4.53. The summed E-state index contributed by atoms with van der Waals surface area (Å²) in [5, 5.41) is 24.5. The molecule has 7 nitrogen and oxygen atoms in total. The molecule has 2 fully saturated rings. The lowest BCUT2D eigenvalue weighted by atomic mass is 10.1. The molecule has 1 saturated carbocycles. The molecule has 2 heterocycles. The molecule has 0 aromatic carbocycles. The maximum atomic E-state index is 10.6. The topological polar surface area (TPSA) is 84.4 Å². The van der Waals surface area contributed by atoms with E-state index in [-0.39, 0.29) is 5.69 Å². The number of aliphatic hydroxyl groups is 1. The van der Waals surface area contributed by atoms with Gasteiger partial charge in [0.1, 0.15) is 12.4 Å². The lowest BCUT2D eigenvalue weighted by Gasteiger charge is -2.24. The fourth-order valence-corrected chi connectivity index (χ4v) is 3.48. The molecule has 0 radical (unpaired) electrons. The molecule has 1 aliphatic heterocycles. The number of hydrogen-bond acceptors (Lipinski definition) is 5. The van der Waals surface area contributed by atoms with Gasteiger partial charge in [0.2, 0.25) is 0 Å². The van der Waals surface area contributed by atoms with Crippen LogP contribution in [0, 0.1) is 27.4 Å². The van der Waals surface area contributed by atoms with Crippen LogP contribution in [-0.2, 0) is 6.54 Å². The molecule has 1 saturated heterocycles. The molecule has 3 rings (SSSR count). The van der Waals surface area contributed by atoms with Crippen LogP contribution < -0.4 is 0 Å². The smallest absolute Gasteiger partial charge is 0.306 e. The molecule has 110 valence electrons. The van der Waals surface area contributed by atoms with Crippen molar-refractivity contribution in [1.82, 2.24) is 14.7 Å². The predicted octanol–water partition coefficient (Wildman–Crippen LogP) is 0.740. The van der Waals surface area contributed by atoms with E-state index in [9.17, 15) is 15.2 Å². The maximum absolute atomic E-state index is 10.6. The average molecular weight is 280 g/mol. The number of hydrogen-bond donors (Lipinski definition) is 1. The monoisotopic (exact) mass is 280 g/mol.